The van der Waals surface area contributed by atoms with Gasteiger partial charge in [-0.05, 0) is 42.3 Å². The number of para-hydroxylation sites is 1. The van der Waals surface area contributed by atoms with Crippen LogP contribution < -0.4 is 14.8 Å². The van der Waals surface area contributed by atoms with E-state index in [1.807, 2.05) is 42.7 Å². The van der Waals surface area contributed by atoms with Crippen LogP contribution in [0.1, 0.15) is 35.6 Å². The van der Waals surface area contributed by atoms with Crippen molar-refractivity contribution in [3.05, 3.63) is 89.7 Å². The molecular weight excluding hydrogens is 452 g/mol. The highest BCUT2D eigenvalue weighted by Crippen LogP contribution is 2.32. The molecule has 1 aliphatic heterocycles. The van der Waals surface area contributed by atoms with E-state index in [0.29, 0.717) is 13.0 Å². The number of amides is 1. The lowest BCUT2D eigenvalue weighted by molar-refractivity contribution is -0.122. The van der Waals surface area contributed by atoms with Gasteiger partial charge in [-0.3, -0.25) is 19.6 Å². The van der Waals surface area contributed by atoms with Crippen LogP contribution in [0.25, 0.3) is 0 Å². The molecule has 1 amide bonds. The SMILES string of the molecule is COc1cccc(CN2CCCN(Cc3ccncc3)C(c3ccccc3)CC(=O)NCC2)c1OC. The Labute approximate surface area is 214 Å². The van der Waals surface area contributed by atoms with E-state index < -0.39 is 0 Å². The first-order valence-corrected chi connectivity index (χ1v) is 12.5. The Kier molecular flexibility index (Phi) is 9.30. The smallest absolute Gasteiger partial charge is 0.221 e. The fraction of sp³-hybridized carbons (Fsp3) is 0.379. The van der Waals surface area contributed by atoms with Crippen LogP contribution in [0.15, 0.2) is 73.1 Å². The summed E-state index contributed by atoms with van der Waals surface area (Å²) in [6.45, 7) is 4.65. The first kappa shape index (κ1) is 25.7. The van der Waals surface area contributed by atoms with E-state index in [2.05, 4.69) is 50.4 Å². The molecule has 1 unspecified atom stereocenters. The molecule has 3 aromatic rings. The lowest BCUT2D eigenvalue weighted by Gasteiger charge is -2.32. The van der Waals surface area contributed by atoms with Gasteiger partial charge in [0.2, 0.25) is 5.91 Å². The molecule has 7 nitrogen and oxygen atoms in total. The number of nitrogens with zero attached hydrogens (tertiary/aromatic N) is 3. The largest absolute Gasteiger partial charge is 0.493 e. The fourth-order valence-electron chi connectivity index (χ4n) is 4.89. The number of hydrogen-bond donors (Lipinski definition) is 1. The van der Waals surface area contributed by atoms with Gasteiger partial charge in [0.1, 0.15) is 0 Å². The van der Waals surface area contributed by atoms with Gasteiger partial charge in [-0.1, -0.05) is 42.5 Å². The maximum atomic E-state index is 13.0. The maximum absolute atomic E-state index is 13.0. The van der Waals surface area contributed by atoms with Crippen LogP contribution in [-0.2, 0) is 17.9 Å². The van der Waals surface area contributed by atoms with E-state index in [1.54, 1.807) is 14.2 Å². The van der Waals surface area contributed by atoms with Crippen molar-refractivity contribution < 1.29 is 14.3 Å². The van der Waals surface area contributed by atoms with Crippen molar-refractivity contribution in [1.82, 2.24) is 20.1 Å². The summed E-state index contributed by atoms with van der Waals surface area (Å²) < 4.78 is 11.1. The first-order chi connectivity index (χ1) is 17.7. The number of carbonyl (C=O) groups is 1. The van der Waals surface area contributed by atoms with Crippen LogP contribution >= 0.6 is 0 Å². The second kappa shape index (κ2) is 13.0. The van der Waals surface area contributed by atoms with Crippen molar-refractivity contribution in [2.75, 3.05) is 40.4 Å². The van der Waals surface area contributed by atoms with Crippen LogP contribution in [0.3, 0.4) is 0 Å². The number of ether oxygens (including phenoxy) is 2. The molecule has 0 spiro atoms. The molecule has 4 rings (SSSR count). The summed E-state index contributed by atoms with van der Waals surface area (Å²) in [6.07, 6.45) is 5.07. The molecule has 1 aromatic heterocycles. The molecule has 36 heavy (non-hydrogen) atoms. The summed E-state index contributed by atoms with van der Waals surface area (Å²) in [5.41, 5.74) is 3.44. The third-order valence-corrected chi connectivity index (χ3v) is 6.69. The van der Waals surface area contributed by atoms with Crippen LogP contribution in [0, 0.1) is 0 Å². The molecule has 0 bridgehead atoms. The van der Waals surface area contributed by atoms with E-state index in [0.717, 1.165) is 56.2 Å². The number of carbonyl (C=O) groups excluding carboxylic acids is 1. The van der Waals surface area contributed by atoms with Gasteiger partial charge in [0.05, 0.1) is 14.2 Å². The third kappa shape index (κ3) is 6.83. The number of methoxy groups -OCH3 is 2. The highest BCUT2D eigenvalue weighted by molar-refractivity contribution is 5.76. The second-order valence-corrected chi connectivity index (χ2v) is 9.09. The van der Waals surface area contributed by atoms with Gasteiger partial charge >= 0.3 is 0 Å². The average Bonchev–Trinajstić information content (AvgIpc) is 2.94. The molecule has 2 aromatic carbocycles. The quantitative estimate of drug-likeness (QED) is 0.541. The normalized spacial score (nSPS) is 18.2. The lowest BCUT2D eigenvalue weighted by Crippen LogP contribution is -2.35. The molecule has 1 N–H and O–H groups in total. The topological polar surface area (TPSA) is 66.9 Å². The van der Waals surface area contributed by atoms with E-state index >= 15 is 0 Å². The molecule has 0 saturated carbocycles. The molecule has 1 aliphatic rings. The van der Waals surface area contributed by atoms with Gasteiger partial charge in [-0.25, -0.2) is 0 Å². The maximum Gasteiger partial charge on any atom is 0.221 e. The average molecular weight is 489 g/mol. The molecule has 7 heteroatoms. The van der Waals surface area contributed by atoms with Gasteiger partial charge in [-0.2, -0.15) is 0 Å². The van der Waals surface area contributed by atoms with Crippen molar-refractivity contribution in [1.29, 1.82) is 0 Å². The monoisotopic (exact) mass is 488 g/mol. The van der Waals surface area contributed by atoms with Crippen molar-refractivity contribution in [2.45, 2.75) is 32.0 Å². The predicted octanol–water partition coefficient (Wildman–Crippen LogP) is 4.05. The summed E-state index contributed by atoms with van der Waals surface area (Å²) >= 11 is 0. The number of rotatable bonds is 7. The zero-order valence-electron chi connectivity index (χ0n) is 21.2. The fourth-order valence-corrected chi connectivity index (χ4v) is 4.89. The summed E-state index contributed by atoms with van der Waals surface area (Å²) in [7, 11) is 3.33. The summed E-state index contributed by atoms with van der Waals surface area (Å²) in [5, 5.41) is 3.16. The van der Waals surface area contributed by atoms with E-state index in [9.17, 15) is 4.79 Å². The summed E-state index contributed by atoms with van der Waals surface area (Å²) in [4.78, 5) is 22.0. The van der Waals surface area contributed by atoms with Crippen LogP contribution in [0.4, 0.5) is 0 Å². The van der Waals surface area contributed by atoms with Crippen molar-refractivity contribution >= 4 is 5.91 Å². The number of hydrogen-bond acceptors (Lipinski definition) is 6. The third-order valence-electron chi connectivity index (χ3n) is 6.69. The summed E-state index contributed by atoms with van der Waals surface area (Å²) in [6, 6.07) is 20.4. The molecule has 1 saturated heterocycles. The minimum Gasteiger partial charge on any atom is -0.493 e. The van der Waals surface area contributed by atoms with E-state index in [1.165, 1.54) is 11.1 Å². The Morgan fingerprint density at radius 3 is 2.47 bits per heavy atom. The van der Waals surface area contributed by atoms with Crippen molar-refractivity contribution in [3.63, 3.8) is 0 Å². The van der Waals surface area contributed by atoms with Gasteiger partial charge in [0, 0.05) is 63.1 Å². The van der Waals surface area contributed by atoms with E-state index in [-0.39, 0.29) is 11.9 Å². The van der Waals surface area contributed by atoms with Crippen LogP contribution in [-0.4, -0.2) is 61.1 Å². The highest BCUT2D eigenvalue weighted by atomic mass is 16.5. The highest BCUT2D eigenvalue weighted by Gasteiger charge is 2.25. The number of pyridine rings is 1. The van der Waals surface area contributed by atoms with E-state index in [4.69, 9.17) is 9.47 Å². The Hall–Kier alpha value is -3.42. The Morgan fingerprint density at radius 2 is 1.72 bits per heavy atom. The molecule has 1 fully saturated rings. The van der Waals surface area contributed by atoms with Crippen LogP contribution in [0.2, 0.25) is 0 Å². The molecule has 190 valence electrons. The van der Waals surface area contributed by atoms with Gasteiger partial charge < -0.3 is 14.8 Å². The molecule has 0 radical (unpaired) electrons. The Balaban J connectivity index is 1.55. The number of benzene rings is 2. The molecular formula is C29H36N4O3. The lowest BCUT2D eigenvalue weighted by atomic mass is 10.00. The minimum absolute atomic E-state index is 0.00407. The Bertz CT molecular complexity index is 1090. The summed E-state index contributed by atoms with van der Waals surface area (Å²) in [5.74, 6) is 1.57. The number of aromatic nitrogens is 1. The molecule has 1 atom stereocenters. The van der Waals surface area contributed by atoms with Gasteiger partial charge in [0.15, 0.2) is 11.5 Å². The van der Waals surface area contributed by atoms with Crippen LogP contribution in [0.5, 0.6) is 11.5 Å². The van der Waals surface area contributed by atoms with Crippen molar-refractivity contribution in [3.8, 4) is 11.5 Å². The predicted molar refractivity (Wildman–Crippen MR) is 141 cm³/mol. The zero-order chi connectivity index (χ0) is 25.2. The Morgan fingerprint density at radius 1 is 0.917 bits per heavy atom. The molecule has 2 heterocycles. The molecule has 0 aliphatic carbocycles. The van der Waals surface area contributed by atoms with Gasteiger partial charge in [0.25, 0.3) is 0 Å². The van der Waals surface area contributed by atoms with Crippen molar-refractivity contribution in [2.24, 2.45) is 0 Å². The standard InChI is InChI=1S/C29H36N4O3/c1-35-27-11-6-10-25(29(27)36-2)22-32-17-7-18-33(21-23-12-14-30-15-13-23)26(20-28(34)31-16-19-32)24-8-4-3-5-9-24/h3-6,8-15,26H,7,16-22H2,1-2H3,(H,31,34). The second-order valence-electron chi connectivity index (χ2n) is 9.09. The zero-order valence-corrected chi connectivity index (χ0v) is 21.2. The minimum atomic E-state index is 0.00407. The van der Waals surface area contributed by atoms with Gasteiger partial charge in [-0.15, -0.1) is 0 Å². The number of nitrogens with one attached hydrogen (secondary N) is 1. The first-order valence-electron chi connectivity index (χ1n) is 12.5.